The van der Waals surface area contributed by atoms with E-state index in [4.69, 9.17) is 24.7 Å². The second-order valence-electron chi connectivity index (χ2n) is 11.0. The zero-order valence-electron chi connectivity index (χ0n) is 22.1. The molecule has 7 N–H and O–H groups in total. The van der Waals surface area contributed by atoms with Crippen LogP contribution in [0.3, 0.4) is 0 Å². The lowest BCUT2D eigenvalue weighted by Crippen LogP contribution is -2.65. The van der Waals surface area contributed by atoms with Gasteiger partial charge in [-0.2, -0.15) is 0 Å². The van der Waals surface area contributed by atoms with E-state index in [1.165, 1.54) is 0 Å². The minimum atomic E-state index is -1.24. The van der Waals surface area contributed by atoms with Crippen molar-refractivity contribution < 1.29 is 44.2 Å². The topological polar surface area (TPSA) is 173 Å². The molecular formula is C25H46N2O9. The molecular weight excluding hydrogens is 472 g/mol. The van der Waals surface area contributed by atoms with E-state index in [0.29, 0.717) is 6.42 Å². The van der Waals surface area contributed by atoms with E-state index in [-0.39, 0.29) is 31.1 Å². The van der Waals surface area contributed by atoms with Gasteiger partial charge >= 0.3 is 0 Å². The average Bonchev–Trinajstić information content (AvgIpc) is 2.84. The molecule has 0 aromatic carbocycles. The molecule has 0 aromatic heterocycles. The molecule has 0 bridgehead atoms. The van der Waals surface area contributed by atoms with Crippen molar-refractivity contribution in [3.05, 3.63) is 0 Å². The van der Waals surface area contributed by atoms with Crippen molar-refractivity contribution >= 4 is 5.91 Å². The molecule has 2 saturated heterocycles. The van der Waals surface area contributed by atoms with Gasteiger partial charge in [0.1, 0.15) is 24.4 Å². The average molecular weight is 519 g/mol. The largest absolute Gasteiger partial charge is 0.388 e. The third-order valence-corrected chi connectivity index (χ3v) is 8.12. The van der Waals surface area contributed by atoms with Gasteiger partial charge in [-0.15, -0.1) is 0 Å². The molecule has 1 saturated carbocycles. The molecule has 0 aromatic rings. The van der Waals surface area contributed by atoms with Crippen LogP contribution in [0.4, 0.5) is 0 Å². The van der Waals surface area contributed by atoms with E-state index in [0.717, 1.165) is 19.3 Å². The van der Waals surface area contributed by atoms with Gasteiger partial charge in [0.15, 0.2) is 12.6 Å². The Morgan fingerprint density at radius 3 is 2.44 bits per heavy atom. The Balaban J connectivity index is 1.80. The predicted octanol–water partition coefficient (Wildman–Crippen LogP) is -0.240. The summed E-state index contributed by atoms with van der Waals surface area (Å²) >= 11 is 0. The maximum atomic E-state index is 12.5. The van der Waals surface area contributed by atoms with Crippen LogP contribution in [0.1, 0.15) is 66.7 Å². The fraction of sp³-hybridized carbons (Fsp3) is 0.960. The number of carbonyl (C=O) groups excluding carboxylic acids is 1. The van der Waals surface area contributed by atoms with Gasteiger partial charge in [0.2, 0.25) is 5.91 Å². The molecule has 13 atom stereocenters. The second-order valence-corrected chi connectivity index (χ2v) is 11.0. The number of carbonyl (C=O) groups is 1. The number of ether oxygens (including phenoxy) is 4. The Morgan fingerprint density at radius 2 is 1.81 bits per heavy atom. The first-order valence-electron chi connectivity index (χ1n) is 13.3. The van der Waals surface area contributed by atoms with Crippen LogP contribution < -0.4 is 11.1 Å². The molecule has 11 heteroatoms. The quantitative estimate of drug-likeness (QED) is 0.252. The number of aliphatic hydroxyl groups excluding tert-OH is 3. The second kappa shape index (κ2) is 12.3. The number of amides is 1. The van der Waals surface area contributed by atoms with Crippen molar-refractivity contribution in [3.63, 3.8) is 0 Å². The Hall–Kier alpha value is -0.890. The zero-order chi connectivity index (χ0) is 26.8. The lowest BCUT2D eigenvalue weighted by molar-refractivity contribution is -0.316. The number of rotatable bonds is 8. The van der Waals surface area contributed by atoms with Gasteiger partial charge in [-0.1, -0.05) is 27.7 Å². The van der Waals surface area contributed by atoms with Crippen LogP contribution in [0.2, 0.25) is 0 Å². The summed E-state index contributed by atoms with van der Waals surface area (Å²) in [6.45, 7) is 8.82. The molecule has 36 heavy (non-hydrogen) atoms. The Kier molecular flexibility index (Phi) is 10.1. The van der Waals surface area contributed by atoms with E-state index in [2.05, 4.69) is 5.32 Å². The van der Waals surface area contributed by atoms with Crippen LogP contribution in [-0.2, 0) is 23.7 Å². The van der Waals surface area contributed by atoms with Crippen LogP contribution in [0.5, 0.6) is 0 Å². The third kappa shape index (κ3) is 6.57. The van der Waals surface area contributed by atoms with Crippen LogP contribution >= 0.6 is 0 Å². The Bertz CT molecular complexity index is 726. The standard InChI is InChI=1S/C25H46N2O9/c1-6-14-8-9-15(26)23(34-14)35-20-12(3)10-16(27-22(31)17(28)7-2)21(19(20)30)36-24-18(29)13(4)25(5,32)11-33-24/h12-21,23-24,28-30,32H,6-11,26H2,1-5H3,(H,27,31)/t12-,13+,14+,15?,16+,17-,18?,19?,20?,21?,23+,24+,25?/m0/s1. The molecule has 3 aliphatic rings. The van der Waals surface area contributed by atoms with Gasteiger partial charge in [-0.05, 0) is 44.9 Å². The molecule has 2 aliphatic heterocycles. The normalized spacial score (nSPS) is 46.8. The molecule has 3 rings (SSSR count). The van der Waals surface area contributed by atoms with Crippen LogP contribution in [0, 0.1) is 11.8 Å². The summed E-state index contributed by atoms with van der Waals surface area (Å²) in [7, 11) is 0. The molecule has 2 heterocycles. The van der Waals surface area contributed by atoms with Crippen LogP contribution in [-0.4, -0.2) is 99.8 Å². The molecule has 1 aliphatic carbocycles. The van der Waals surface area contributed by atoms with E-state index >= 15 is 0 Å². The first kappa shape index (κ1) is 29.7. The Labute approximate surface area is 213 Å². The third-order valence-electron chi connectivity index (χ3n) is 8.12. The maximum Gasteiger partial charge on any atom is 0.249 e. The highest BCUT2D eigenvalue weighted by atomic mass is 16.7. The first-order valence-corrected chi connectivity index (χ1v) is 13.3. The van der Waals surface area contributed by atoms with Gasteiger partial charge in [-0.25, -0.2) is 0 Å². The minimum absolute atomic E-state index is 0.0283. The molecule has 0 radical (unpaired) electrons. The van der Waals surface area contributed by atoms with E-state index in [1.54, 1.807) is 20.8 Å². The molecule has 210 valence electrons. The van der Waals surface area contributed by atoms with Crippen molar-refractivity contribution in [2.45, 2.75) is 134 Å². The molecule has 11 nitrogen and oxygen atoms in total. The van der Waals surface area contributed by atoms with Crippen LogP contribution in [0.15, 0.2) is 0 Å². The fourth-order valence-corrected chi connectivity index (χ4v) is 5.25. The minimum Gasteiger partial charge on any atom is -0.388 e. The van der Waals surface area contributed by atoms with Crippen molar-refractivity contribution in [3.8, 4) is 0 Å². The fourth-order valence-electron chi connectivity index (χ4n) is 5.25. The van der Waals surface area contributed by atoms with Gasteiger partial charge in [0.05, 0.1) is 36.5 Å². The SMILES string of the molecule is CC[C@@H]1CCC(N)[C@@H](OC2C(O)C(O[C@H]3OCC(C)(O)[C@H](C)C3O)[C@H](NC(=O)[C@@H](O)CC)C[C@@H]2C)O1. The lowest BCUT2D eigenvalue weighted by Gasteiger charge is -2.49. The molecule has 0 spiro atoms. The lowest BCUT2D eigenvalue weighted by atomic mass is 9.79. The number of aliphatic hydroxyl groups is 4. The summed E-state index contributed by atoms with van der Waals surface area (Å²) in [5.41, 5.74) is 5.02. The highest BCUT2D eigenvalue weighted by Crippen LogP contribution is 2.36. The zero-order valence-corrected chi connectivity index (χ0v) is 22.1. The van der Waals surface area contributed by atoms with E-state index in [1.807, 2.05) is 13.8 Å². The van der Waals surface area contributed by atoms with E-state index < -0.39 is 66.6 Å². The molecule has 6 unspecified atom stereocenters. The van der Waals surface area contributed by atoms with Crippen LogP contribution in [0.25, 0.3) is 0 Å². The van der Waals surface area contributed by atoms with Gasteiger partial charge < -0.3 is 50.4 Å². The summed E-state index contributed by atoms with van der Waals surface area (Å²) in [6, 6.07) is -1.02. The number of hydrogen-bond acceptors (Lipinski definition) is 10. The van der Waals surface area contributed by atoms with Gasteiger partial charge in [0, 0.05) is 5.92 Å². The number of nitrogens with two attached hydrogens (primary N) is 1. The Morgan fingerprint density at radius 1 is 1.14 bits per heavy atom. The van der Waals surface area contributed by atoms with Crippen molar-refractivity contribution in [1.29, 1.82) is 0 Å². The highest BCUT2D eigenvalue weighted by Gasteiger charge is 2.51. The summed E-state index contributed by atoms with van der Waals surface area (Å²) in [5, 5.41) is 45.5. The summed E-state index contributed by atoms with van der Waals surface area (Å²) in [6.07, 6.45) is -4.08. The van der Waals surface area contributed by atoms with Crippen molar-refractivity contribution in [2.75, 3.05) is 6.61 Å². The maximum absolute atomic E-state index is 12.5. The summed E-state index contributed by atoms with van der Waals surface area (Å²) in [5.74, 6) is -1.34. The summed E-state index contributed by atoms with van der Waals surface area (Å²) in [4.78, 5) is 12.5. The molecule has 3 fully saturated rings. The van der Waals surface area contributed by atoms with Gasteiger partial charge in [-0.3, -0.25) is 4.79 Å². The summed E-state index contributed by atoms with van der Waals surface area (Å²) < 4.78 is 24.0. The highest BCUT2D eigenvalue weighted by molar-refractivity contribution is 5.80. The monoisotopic (exact) mass is 518 g/mol. The smallest absolute Gasteiger partial charge is 0.249 e. The predicted molar refractivity (Wildman–Crippen MR) is 129 cm³/mol. The van der Waals surface area contributed by atoms with E-state index in [9.17, 15) is 25.2 Å². The van der Waals surface area contributed by atoms with Crippen molar-refractivity contribution in [2.24, 2.45) is 17.6 Å². The first-order chi connectivity index (χ1) is 16.9. The number of hydrogen-bond donors (Lipinski definition) is 6. The van der Waals surface area contributed by atoms with Crippen molar-refractivity contribution in [1.82, 2.24) is 5.32 Å². The number of nitrogens with one attached hydrogen (secondary N) is 1. The molecule has 1 amide bonds. The van der Waals surface area contributed by atoms with Gasteiger partial charge in [0.25, 0.3) is 0 Å².